The lowest BCUT2D eigenvalue weighted by atomic mass is 10.1. The van der Waals surface area contributed by atoms with E-state index >= 15 is 0 Å². The fraction of sp³-hybridized carbons (Fsp3) is 0.0909. The number of fused-ring (bicyclic) bond motifs is 1. The van der Waals surface area contributed by atoms with Crippen molar-refractivity contribution in [1.82, 2.24) is 9.55 Å². The van der Waals surface area contributed by atoms with Gasteiger partial charge in [0, 0.05) is 40.7 Å². The zero-order valence-corrected chi connectivity index (χ0v) is 15.0. The van der Waals surface area contributed by atoms with Crippen molar-refractivity contribution in [3.63, 3.8) is 0 Å². The summed E-state index contributed by atoms with van der Waals surface area (Å²) >= 11 is 0. The van der Waals surface area contributed by atoms with Gasteiger partial charge in [-0.25, -0.2) is 4.79 Å². The highest BCUT2D eigenvalue weighted by atomic mass is 16.2. The van der Waals surface area contributed by atoms with Gasteiger partial charge in [-0.2, -0.15) is 0 Å². The first kappa shape index (κ1) is 16.8. The van der Waals surface area contributed by atoms with Gasteiger partial charge in [-0.05, 0) is 48.9 Å². The van der Waals surface area contributed by atoms with Crippen LogP contribution in [0.1, 0.15) is 11.3 Å². The van der Waals surface area contributed by atoms with E-state index in [2.05, 4.69) is 4.98 Å². The lowest BCUT2D eigenvalue weighted by Crippen LogP contribution is -2.35. The molecule has 2 aromatic carbocycles. The molecule has 134 valence electrons. The summed E-state index contributed by atoms with van der Waals surface area (Å²) in [6.45, 7) is 2.34. The zero-order chi connectivity index (χ0) is 18.8. The summed E-state index contributed by atoms with van der Waals surface area (Å²) in [5, 5.41) is 1.94. The SMILES string of the molecule is Cc1cc2c(N(Cc3ccc(-n4cccc4)cc3)C(N)=O)cccc2cn1. The van der Waals surface area contributed by atoms with Crippen molar-refractivity contribution in [2.24, 2.45) is 5.73 Å². The number of urea groups is 1. The zero-order valence-electron chi connectivity index (χ0n) is 15.0. The van der Waals surface area contributed by atoms with Crippen LogP contribution in [0.4, 0.5) is 10.5 Å². The number of rotatable bonds is 4. The highest BCUT2D eigenvalue weighted by Gasteiger charge is 2.16. The fourth-order valence-electron chi connectivity index (χ4n) is 3.24. The van der Waals surface area contributed by atoms with Gasteiger partial charge in [-0.1, -0.05) is 24.3 Å². The number of pyridine rings is 1. The summed E-state index contributed by atoms with van der Waals surface area (Å²) < 4.78 is 2.04. The van der Waals surface area contributed by atoms with Crippen LogP contribution in [-0.4, -0.2) is 15.6 Å². The molecule has 0 radical (unpaired) electrons. The third-order valence-electron chi connectivity index (χ3n) is 4.61. The summed E-state index contributed by atoms with van der Waals surface area (Å²) in [5.74, 6) is 0. The third kappa shape index (κ3) is 3.40. The molecule has 0 spiro atoms. The highest BCUT2D eigenvalue weighted by molar-refractivity contribution is 6.02. The maximum atomic E-state index is 12.2. The smallest absolute Gasteiger partial charge is 0.319 e. The van der Waals surface area contributed by atoms with Gasteiger partial charge >= 0.3 is 6.03 Å². The van der Waals surface area contributed by atoms with Crippen molar-refractivity contribution < 1.29 is 4.79 Å². The Morgan fingerprint density at radius 2 is 1.81 bits per heavy atom. The van der Waals surface area contributed by atoms with Crippen LogP contribution in [0.2, 0.25) is 0 Å². The molecule has 0 aliphatic rings. The van der Waals surface area contributed by atoms with Crippen LogP contribution in [0.25, 0.3) is 16.5 Å². The summed E-state index contributed by atoms with van der Waals surface area (Å²) in [6.07, 6.45) is 5.81. The number of benzene rings is 2. The van der Waals surface area contributed by atoms with Crippen molar-refractivity contribution >= 4 is 22.5 Å². The first-order valence-electron chi connectivity index (χ1n) is 8.76. The second kappa shape index (κ2) is 6.96. The van der Waals surface area contributed by atoms with Gasteiger partial charge in [0.15, 0.2) is 0 Å². The van der Waals surface area contributed by atoms with Crippen LogP contribution in [0.15, 0.2) is 79.3 Å². The molecule has 0 fully saturated rings. The van der Waals surface area contributed by atoms with Crippen LogP contribution in [0.5, 0.6) is 0 Å². The Kier molecular flexibility index (Phi) is 4.34. The summed E-state index contributed by atoms with van der Waals surface area (Å²) in [6, 6.07) is 19.4. The molecule has 5 nitrogen and oxygen atoms in total. The molecule has 0 aliphatic carbocycles. The topological polar surface area (TPSA) is 64.2 Å². The standard InChI is InChI=1S/C22H20N4O/c1-16-13-20-18(14-24-16)5-4-6-21(20)26(22(23)27)15-17-7-9-19(10-8-17)25-11-2-3-12-25/h2-14H,15H2,1H3,(H2,23,27). The molecule has 0 saturated heterocycles. The van der Waals surface area contributed by atoms with E-state index < -0.39 is 6.03 Å². The van der Waals surface area contributed by atoms with Crippen molar-refractivity contribution in [3.05, 3.63) is 90.5 Å². The van der Waals surface area contributed by atoms with Gasteiger partial charge in [-0.3, -0.25) is 9.88 Å². The Labute approximate surface area is 157 Å². The van der Waals surface area contributed by atoms with Crippen LogP contribution < -0.4 is 10.6 Å². The molecular weight excluding hydrogens is 336 g/mol. The fourth-order valence-corrected chi connectivity index (χ4v) is 3.24. The Morgan fingerprint density at radius 3 is 2.52 bits per heavy atom. The van der Waals surface area contributed by atoms with Crippen molar-refractivity contribution in [2.45, 2.75) is 13.5 Å². The molecule has 27 heavy (non-hydrogen) atoms. The van der Waals surface area contributed by atoms with Crippen molar-refractivity contribution in [2.75, 3.05) is 4.90 Å². The van der Waals surface area contributed by atoms with E-state index in [1.165, 1.54) is 0 Å². The predicted octanol–water partition coefficient (Wildman–Crippen LogP) is 4.42. The van der Waals surface area contributed by atoms with E-state index in [0.717, 1.165) is 33.4 Å². The van der Waals surface area contributed by atoms with E-state index in [-0.39, 0.29) is 0 Å². The molecule has 0 unspecified atom stereocenters. The number of amides is 2. The van der Waals surface area contributed by atoms with Gasteiger partial charge in [0.05, 0.1) is 12.2 Å². The minimum Gasteiger partial charge on any atom is -0.351 e. The third-order valence-corrected chi connectivity index (χ3v) is 4.61. The average Bonchev–Trinajstić information content (AvgIpc) is 3.21. The number of hydrogen-bond donors (Lipinski definition) is 1. The molecule has 0 saturated carbocycles. The van der Waals surface area contributed by atoms with Gasteiger partial charge in [0.2, 0.25) is 0 Å². The lowest BCUT2D eigenvalue weighted by molar-refractivity contribution is 0.253. The molecule has 4 aromatic rings. The Balaban J connectivity index is 1.68. The van der Waals surface area contributed by atoms with Gasteiger partial charge < -0.3 is 10.3 Å². The van der Waals surface area contributed by atoms with Gasteiger partial charge in [0.25, 0.3) is 0 Å². The monoisotopic (exact) mass is 356 g/mol. The average molecular weight is 356 g/mol. The molecule has 4 rings (SSSR count). The summed E-state index contributed by atoms with van der Waals surface area (Å²) in [4.78, 5) is 18.2. The quantitative estimate of drug-likeness (QED) is 0.588. The largest absolute Gasteiger partial charge is 0.351 e. The van der Waals surface area contributed by atoms with Crippen molar-refractivity contribution in [1.29, 1.82) is 0 Å². The summed E-state index contributed by atoms with van der Waals surface area (Å²) in [7, 11) is 0. The van der Waals surface area contributed by atoms with Crippen molar-refractivity contribution in [3.8, 4) is 5.69 Å². The summed E-state index contributed by atoms with van der Waals surface area (Å²) in [5.41, 5.74) is 9.49. The number of carbonyl (C=O) groups is 1. The molecule has 2 heterocycles. The van der Waals surface area contributed by atoms with Crippen LogP contribution in [0.3, 0.4) is 0 Å². The molecule has 2 N–H and O–H groups in total. The number of aryl methyl sites for hydroxylation is 1. The molecule has 0 atom stereocenters. The number of hydrogen-bond acceptors (Lipinski definition) is 2. The van der Waals surface area contributed by atoms with E-state index in [4.69, 9.17) is 5.73 Å². The number of carbonyl (C=O) groups excluding carboxylic acids is 1. The van der Waals surface area contributed by atoms with Crippen LogP contribution in [0, 0.1) is 6.92 Å². The first-order chi connectivity index (χ1) is 13.1. The number of anilines is 1. The van der Waals surface area contributed by atoms with E-state index in [9.17, 15) is 4.79 Å². The number of aromatic nitrogens is 2. The number of nitrogens with two attached hydrogens (primary N) is 1. The van der Waals surface area contributed by atoms with E-state index in [1.54, 1.807) is 4.90 Å². The molecule has 5 heteroatoms. The van der Waals surface area contributed by atoms with Gasteiger partial charge in [0.1, 0.15) is 0 Å². The van der Waals surface area contributed by atoms with Crippen LogP contribution in [-0.2, 0) is 6.54 Å². The Morgan fingerprint density at radius 1 is 1.07 bits per heavy atom. The van der Waals surface area contributed by atoms with Gasteiger partial charge in [-0.15, -0.1) is 0 Å². The maximum absolute atomic E-state index is 12.2. The molecular formula is C22H20N4O. The maximum Gasteiger partial charge on any atom is 0.319 e. The Bertz CT molecular complexity index is 1090. The predicted molar refractivity (Wildman–Crippen MR) is 108 cm³/mol. The minimum atomic E-state index is -0.480. The molecule has 0 bridgehead atoms. The highest BCUT2D eigenvalue weighted by Crippen LogP contribution is 2.28. The normalized spacial score (nSPS) is 10.9. The van der Waals surface area contributed by atoms with Crippen LogP contribution >= 0.6 is 0 Å². The molecule has 2 aromatic heterocycles. The first-order valence-corrected chi connectivity index (χ1v) is 8.76. The molecule has 2 amide bonds. The number of nitrogens with zero attached hydrogens (tertiary/aromatic N) is 3. The lowest BCUT2D eigenvalue weighted by Gasteiger charge is -2.22. The Hall–Kier alpha value is -3.60. The van der Waals surface area contributed by atoms with E-state index in [1.807, 2.05) is 90.7 Å². The second-order valence-corrected chi connectivity index (χ2v) is 6.51. The minimum absolute atomic E-state index is 0.405. The molecule has 0 aliphatic heterocycles. The number of primary amides is 1. The second-order valence-electron chi connectivity index (χ2n) is 6.51. The van der Waals surface area contributed by atoms with E-state index in [0.29, 0.717) is 6.54 Å².